The third kappa shape index (κ3) is 4.34. The van der Waals surface area contributed by atoms with Gasteiger partial charge in [0.1, 0.15) is 11.5 Å². The molecule has 1 aromatic carbocycles. The predicted octanol–water partition coefficient (Wildman–Crippen LogP) is 3.30. The van der Waals surface area contributed by atoms with E-state index in [9.17, 15) is 22.4 Å². The minimum atomic E-state index is -4.53. The Morgan fingerprint density at radius 3 is 2.73 bits per heavy atom. The lowest BCUT2D eigenvalue weighted by Crippen LogP contribution is -2.52. The van der Waals surface area contributed by atoms with Gasteiger partial charge in [-0.1, -0.05) is 11.6 Å². The van der Waals surface area contributed by atoms with E-state index in [0.717, 1.165) is 18.3 Å². The number of fused-ring (bicyclic) bond motifs is 1. The monoisotopic (exact) mass is 443 g/mol. The third-order valence-corrected chi connectivity index (χ3v) is 5.64. The van der Waals surface area contributed by atoms with E-state index in [2.05, 4.69) is 20.2 Å². The van der Waals surface area contributed by atoms with Crippen molar-refractivity contribution in [1.29, 1.82) is 0 Å². The van der Waals surface area contributed by atoms with Gasteiger partial charge in [-0.3, -0.25) is 9.69 Å². The number of hydrogen-bond acceptors (Lipinski definition) is 5. The van der Waals surface area contributed by atoms with Crippen molar-refractivity contribution in [3.8, 4) is 0 Å². The molecule has 6 nitrogen and oxygen atoms in total. The molecule has 1 aromatic heterocycles. The van der Waals surface area contributed by atoms with Crippen LogP contribution in [0.15, 0.2) is 30.5 Å². The molecule has 4 rings (SSSR count). The van der Waals surface area contributed by atoms with Gasteiger partial charge in [0.25, 0.3) is 5.91 Å². The van der Waals surface area contributed by atoms with Crippen molar-refractivity contribution in [3.63, 3.8) is 0 Å². The van der Waals surface area contributed by atoms with Gasteiger partial charge in [0, 0.05) is 50.0 Å². The van der Waals surface area contributed by atoms with E-state index in [-0.39, 0.29) is 29.0 Å². The molecule has 1 amide bonds. The summed E-state index contributed by atoms with van der Waals surface area (Å²) in [6.45, 7) is 2.22. The first-order chi connectivity index (χ1) is 14.2. The number of halogens is 5. The number of hydrogen-bond donors (Lipinski definition) is 1. The second-order valence-electron chi connectivity index (χ2n) is 7.37. The summed E-state index contributed by atoms with van der Waals surface area (Å²) >= 11 is 5.78. The Labute approximate surface area is 174 Å². The van der Waals surface area contributed by atoms with Crippen molar-refractivity contribution in [3.05, 3.63) is 52.6 Å². The third-order valence-electron chi connectivity index (χ3n) is 5.35. The van der Waals surface area contributed by atoms with Gasteiger partial charge >= 0.3 is 6.18 Å². The molecule has 0 saturated carbocycles. The zero-order valence-corrected chi connectivity index (χ0v) is 16.4. The van der Waals surface area contributed by atoms with E-state index in [1.54, 1.807) is 4.90 Å². The Morgan fingerprint density at radius 2 is 2.00 bits per heavy atom. The summed E-state index contributed by atoms with van der Waals surface area (Å²) in [7, 11) is 0. The van der Waals surface area contributed by atoms with Gasteiger partial charge in [0.2, 0.25) is 5.95 Å². The second kappa shape index (κ2) is 7.99. The molecule has 11 heteroatoms. The number of aromatic nitrogens is 2. The SMILES string of the molecule is O=C(c1ccc(F)c(Cl)c1)N1CCN2C[C@@H](Nc3nccc(C(F)(F)F)n3)C[C@H]2C1. The molecule has 2 aliphatic heterocycles. The van der Waals surface area contributed by atoms with E-state index >= 15 is 0 Å². The summed E-state index contributed by atoms with van der Waals surface area (Å²) in [5.41, 5.74) is -0.676. The highest BCUT2D eigenvalue weighted by atomic mass is 35.5. The fraction of sp³-hybridized carbons (Fsp3) is 0.421. The minimum Gasteiger partial charge on any atom is -0.350 e. The van der Waals surface area contributed by atoms with Crippen LogP contribution in [-0.4, -0.2) is 63.9 Å². The number of nitrogens with zero attached hydrogens (tertiary/aromatic N) is 4. The summed E-state index contributed by atoms with van der Waals surface area (Å²) < 4.78 is 51.9. The Kier molecular flexibility index (Phi) is 5.54. The fourth-order valence-corrected chi connectivity index (χ4v) is 4.09. The van der Waals surface area contributed by atoms with Gasteiger partial charge in [-0.2, -0.15) is 13.2 Å². The number of benzene rings is 1. The summed E-state index contributed by atoms with van der Waals surface area (Å²) in [4.78, 5) is 24.0. The summed E-state index contributed by atoms with van der Waals surface area (Å²) in [5.74, 6) is -0.878. The van der Waals surface area contributed by atoms with Crippen LogP contribution in [-0.2, 0) is 6.18 Å². The Balaban J connectivity index is 1.39. The van der Waals surface area contributed by atoms with Crippen molar-refractivity contribution >= 4 is 23.5 Å². The summed E-state index contributed by atoms with van der Waals surface area (Å²) in [6, 6.07) is 4.64. The first-order valence-electron chi connectivity index (χ1n) is 9.36. The first kappa shape index (κ1) is 20.8. The maximum absolute atomic E-state index is 13.3. The highest BCUT2D eigenvalue weighted by Gasteiger charge is 2.38. The van der Waals surface area contributed by atoms with E-state index in [4.69, 9.17) is 11.6 Å². The molecular weight excluding hydrogens is 426 g/mol. The standard InChI is InChI=1S/C19H18ClF4N5O/c20-14-7-11(1-2-15(14)21)17(30)29-6-5-28-9-12(8-13(28)10-29)26-18-25-4-3-16(27-18)19(22,23)24/h1-4,7,12-13H,5-6,8-10H2,(H,25,26,27)/t12-,13-/m0/s1. The van der Waals surface area contributed by atoms with Crippen LogP contribution in [0.1, 0.15) is 22.5 Å². The number of carbonyl (C=O) groups is 1. The second-order valence-corrected chi connectivity index (χ2v) is 7.78. The van der Waals surface area contributed by atoms with E-state index in [1.807, 2.05) is 0 Å². The molecule has 30 heavy (non-hydrogen) atoms. The molecule has 1 N–H and O–H groups in total. The zero-order valence-electron chi connectivity index (χ0n) is 15.7. The molecule has 0 unspecified atom stereocenters. The average molecular weight is 444 g/mol. The lowest BCUT2D eigenvalue weighted by molar-refractivity contribution is -0.141. The number of rotatable bonds is 3. The van der Waals surface area contributed by atoms with E-state index < -0.39 is 17.7 Å². The van der Waals surface area contributed by atoms with Crippen molar-refractivity contribution in [2.45, 2.75) is 24.7 Å². The highest BCUT2D eigenvalue weighted by molar-refractivity contribution is 6.31. The highest BCUT2D eigenvalue weighted by Crippen LogP contribution is 2.29. The normalized spacial score (nSPS) is 22.1. The van der Waals surface area contributed by atoms with Gasteiger partial charge in [0.05, 0.1) is 5.02 Å². The number of piperazine rings is 1. The summed E-state index contributed by atoms with van der Waals surface area (Å²) in [5, 5.41) is 2.87. The molecule has 0 bridgehead atoms. The predicted molar refractivity (Wildman–Crippen MR) is 102 cm³/mol. The largest absolute Gasteiger partial charge is 0.433 e. The van der Waals surface area contributed by atoms with Crippen molar-refractivity contribution in [1.82, 2.24) is 19.8 Å². The molecule has 0 aliphatic carbocycles. The molecule has 0 spiro atoms. The minimum absolute atomic E-state index is 0.0573. The zero-order chi connectivity index (χ0) is 21.5. The van der Waals surface area contributed by atoms with Crippen molar-refractivity contribution in [2.24, 2.45) is 0 Å². The van der Waals surface area contributed by atoms with Crippen LogP contribution in [0.2, 0.25) is 5.02 Å². The Morgan fingerprint density at radius 1 is 1.20 bits per heavy atom. The Hall–Kier alpha value is -2.46. The molecule has 2 saturated heterocycles. The maximum Gasteiger partial charge on any atom is 0.433 e. The fourth-order valence-electron chi connectivity index (χ4n) is 3.91. The molecular formula is C19H18ClF4N5O. The van der Waals surface area contributed by atoms with Crippen LogP contribution >= 0.6 is 11.6 Å². The van der Waals surface area contributed by atoms with Crippen LogP contribution < -0.4 is 5.32 Å². The first-order valence-corrected chi connectivity index (χ1v) is 9.73. The quantitative estimate of drug-likeness (QED) is 0.738. The van der Waals surface area contributed by atoms with Crippen molar-refractivity contribution < 1.29 is 22.4 Å². The van der Waals surface area contributed by atoms with Crippen molar-refractivity contribution in [2.75, 3.05) is 31.5 Å². The molecule has 2 aromatic rings. The van der Waals surface area contributed by atoms with Crippen LogP contribution in [0.5, 0.6) is 0 Å². The van der Waals surface area contributed by atoms with E-state index in [0.29, 0.717) is 38.2 Å². The van der Waals surface area contributed by atoms with Crippen LogP contribution in [0.4, 0.5) is 23.5 Å². The lowest BCUT2D eigenvalue weighted by atomic mass is 10.1. The van der Waals surface area contributed by atoms with Gasteiger partial charge in [-0.05, 0) is 30.7 Å². The number of anilines is 1. The number of alkyl halides is 3. The molecule has 2 aliphatic rings. The van der Waals surface area contributed by atoms with Crippen LogP contribution in [0.25, 0.3) is 0 Å². The molecule has 0 radical (unpaired) electrons. The van der Waals surface area contributed by atoms with Gasteiger partial charge < -0.3 is 10.2 Å². The summed E-state index contributed by atoms with van der Waals surface area (Å²) in [6.07, 6.45) is -2.82. The Bertz CT molecular complexity index is 957. The van der Waals surface area contributed by atoms with Crippen LogP contribution in [0, 0.1) is 5.82 Å². The molecule has 3 heterocycles. The average Bonchev–Trinajstić information content (AvgIpc) is 3.10. The van der Waals surface area contributed by atoms with Gasteiger partial charge in [-0.15, -0.1) is 0 Å². The smallest absolute Gasteiger partial charge is 0.350 e. The van der Waals surface area contributed by atoms with Gasteiger partial charge in [0.15, 0.2) is 0 Å². The maximum atomic E-state index is 13.3. The molecule has 2 fully saturated rings. The number of nitrogens with one attached hydrogen (secondary N) is 1. The van der Waals surface area contributed by atoms with Gasteiger partial charge in [-0.25, -0.2) is 14.4 Å². The molecule has 2 atom stereocenters. The van der Waals surface area contributed by atoms with E-state index in [1.165, 1.54) is 12.1 Å². The molecule has 160 valence electrons. The van der Waals surface area contributed by atoms with Crippen LogP contribution in [0.3, 0.4) is 0 Å². The number of carbonyl (C=O) groups excluding carboxylic acids is 1. The number of amides is 1. The lowest BCUT2D eigenvalue weighted by Gasteiger charge is -2.37. The topological polar surface area (TPSA) is 61.4 Å².